The Morgan fingerprint density at radius 3 is 2.27 bits per heavy atom. The number of rotatable bonds is 5. The molecule has 0 radical (unpaired) electrons. The average molecular weight is 529 g/mol. The van der Waals surface area contributed by atoms with E-state index in [4.69, 9.17) is 5.10 Å². The summed E-state index contributed by atoms with van der Waals surface area (Å²) in [6.45, 7) is -0.232. The largest absolute Gasteiger partial charge is 0.271 e. The summed E-state index contributed by atoms with van der Waals surface area (Å²) in [7, 11) is 0. The summed E-state index contributed by atoms with van der Waals surface area (Å²) in [5.74, 6) is -1.22. The molecule has 1 fully saturated rings. The molecule has 0 unspecified atom stereocenters. The van der Waals surface area contributed by atoms with E-state index < -0.39 is 23.9 Å². The Bertz CT molecular complexity index is 1700. The van der Waals surface area contributed by atoms with Gasteiger partial charge in [0.2, 0.25) is 0 Å². The monoisotopic (exact) mass is 528 g/mol. The second-order valence-corrected chi connectivity index (χ2v) is 10.0. The van der Waals surface area contributed by atoms with E-state index in [1.165, 1.54) is 10.0 Å². The first-order chi connectivity index (χ1) is 19.6. The second kappa shape index (κ2) is 9.53. The fourth-order valence-corrected chi connectivity index (χ4v) is 5.61. The van der Waals surface area contributed by atoms with Crippen molar-refractivity contribution >= 4 is 39.9 Å². The molecule has 4 aromatic carbocycles. The van der Waals surface area contributed by atoms with Crippen molar-refractivity contribution in [2.75, 3.05) is 11.4 Å². The molecule has 9 nitrogen and oxygen atoms in total. The van der Waals surface area contributed by atoms with Gasteiger partial charge in [0, 0.05) is 6.42 Å². The van der Waals surface area contributed by atoms with Gasteiger partial charge in [0.25, 0.3) is 17.7 Å². The van der Waals surface area contributed by atoms with Crippen molar-refractivity contribution in [2.24, 2.45) is 15.4 Å². The van der Waals surface area contributed by atoms with E-state index in [9.17, 15) is 14.4 Å². The van der Waals surface area contributed by atoms with Gasteiger partial charge in [-0.15, -0.1) is 0 Å². The maximum absolute atomic E-state index is 13.8. The van der Waals surface area contributed by atoms with Crippen LogP contribution in [0.4, 0.5) is 5.69 Å². The lowest BCUT2D eigenvalue weighted by molar-refractivity contribution is -0.135. The lowest BCUT2D eigenvalue weighted by Crippen LogP contribution is -2.44. The maximum Gasteiger partial charge on any atom is 0.264 e. The van der Waals surface area contributed by atoms with Gasteiger partial charge < -0.3 is 0 Å². The van der Waals surface area contributed by atoms with Crippen LogP contribution in [0.2, 0.25) is 0 Å². The highest BCUT2D eigenvalue weighted by Gasteiger charge is 2.55. The van der Waals surface area contributed by atoms with E-state index in [1.807, 2.05) is 54.6 Å². The van der Waals surface area contributed by atoms with E-state index in [0.717, 1.165) is 32.5 Å². The Kier molecular flexibility index (Phi) is 5.70. The molecule has 4 aromatic rings. The molecule has 1 saturated heterocycles. The third kappa shape index (κ3) is 3.94. The van der Waals surface area contributed by atoms with E-state index in [1.54, 1.807) is 24.3 Å². The Morgan fingerprint density at radius 1 is 0.800 bits per heavy atom. The predicted molar refractivity (Wildman–Crippen MR) is 149 cm³/mol. The summed E-state index contributed by atoms with van der Waals surface area (Å²) in [6, 6.07) is 30.5. The number of hydrogen-bond donors (Lipinski definition) is 0. The topological polar surface area (TPSA) is 98.0 Å². The SMILES string of the molecule is O=C1[C@H]2N=NN(CC(=O)N3N=C(c4ccc5ccccc5c4)C[C@@H]3c3ccccc3)[C@H]2C(=O)N1c1ccccc1. The van der Waals surface area contributed by atoms with Crippen LogP contribution in [0.15, 0.2) is 119 Å². The van der Waals surface area contributed by atoms with Gasteiger partial charge in [0.05, 0.1) is 17.4 Å². The first-order valence-corrected chi connectivity index (χ1v) is 13.1. The van der Waals surface area contributed by atoms with Crippen LogP contribution in [0.5, 0.6) is 0 Å². The van der Waals surface area contributed by atoms with E-state index in [0.29, 0.717) is 12.1 Å². The highest BCUT2D eigenvalue weighted by molar-refractivity contribution is 6.25. The lowest BCUT2D eigenvalue weighted by atomic mass is 9.97. The number of nitrogens with zero attached hydrogens (tertiary/aromatic N) is 6. The maximum atomic E-state index is 13.8. The van der Waals surface area contributed by atoms with Crippen LogP contribution < -0.4 is 4.90 Å². The van der Waals surface area contributed by atoms with Crippen molar-refractivity contribution in [2.45, 2.75) is 24.5 Å². The van der Waals surface area contributed by atoms with Gasteiger partial charge in [0.1, 0.15) is 6.54 Å². The Balaban J connectivity index is 1.17. The van der Waals surface area contributed by atoms with Gasteiger partial charge in [-0.2, -0.15) is 10.2 Å². The molecule has 9 heteroatoms. The van der Waals surface area contributed by atoms with Gasteiger partial charge in [0.15, 0.2) is 12.1 Å². The molecule has 196 valence electrons. The van der Waals surface area contributed by atoms with Crippen LogP contribution in [0.25, 0.3) is 10.8 Å². The Morgan fingerprint density at radius 2 is 1.50 bits per heavy atom. The molecule has 3 heterocycles. The fourth-order valence-electron chi connectivity index (χ4n) is 5.61. The van der Waals surface area contributed by atoms with Crippen molar-refractivity contribution in [3.05, 3.63) is 114 Å². The molecule has 0 aromatic heterocycles. The fraction of sp³-hybridized carbons (Fsp3) is 0.161. The van der Waals surface area contributed by atoms with Gasteiger partial charge in [-0.3, -0.25) is 19.4 Å². The number of hydrazone groups is 1. The molecule has 0 spiro atoms. The van der Waals surface area contributed by atoms with Gasteiger partial charge in [-0.25, -0.2) is 9.91 Å². The third-order valence-corrected chi connectivity index (χ3v) is 7.60. The molecule has 7 rings (SSSR count). The molecule has 40 heavy (non-hydrogen) atoms. The van der Waals surface area contributed by atoms with Crippen LogP contribution in [-0.4, -0.2) is 52.1 Å². The first kappa shape index (κ1) is 23.9. The number of hydrogen-bond acceptors (Lipinski definition) is 7. The molecule has 3 aliphatic heterocycles. The van der Waals surface area contributed by atoms with E-state index in [-0.39, 0.29) is 18.5 Å². The number of amides is 3. The zero-order chi connectivity index (χ0) is 27.2. The molecule has 0 aliphatic carbocycles. The normalized spacial score (nSPS) is 21.9. The number of para-hydroxylation sites is 1. The molecule has 0 saturated carbocycles. The quantitative estimate of drug-likeness (QED) is 0.356. The second-order valence-electron chi connectivity index (χ2n) is 10.0. The number of fused-ring (bicyclic) bond motifs is 2. The number of anilines is 1. The standard InChI is InChI=1S/C31H24N6O3/c38-27(19-35-29-28(32-34-35)30(39)36(31(29)40)24-13-5-2-6-14-24)37-26(21-10-3-1-4-11-21)18-25(33-37)23-16-15-20-9-7-8-12-22(20)17-23/h1-17,26,28-29H,18-19H2/t26-,28+,29-/m1/s1. The van der Waals surface area contributed by atoms with Crippen molar-refractivity contribution < 1.29 is 14.4 Å². The predicted octanol–water partition coefficient (Wildman–Crippen LogP) is 4.51. The minimum absolute atomic E-state index is 0.232. The summed E-state index contributed by atoms with van der Waals surface area (Å²) in [5, 5.41) is 18.0. The van der Waals surface area contributed by atoms with E-state index >= 15 is 0 Å². The Hall–Kier alpha value is -5.18. The number of imide groups is 1. The van der Waals surface area contributed by atoms with Gasteiger partial charge in [-0.1, -0.05) is 90.2 Å². The lowest BCUT2D eigenvalue weighted by Gasteiger charge is -2.25. The molecule has 0 N–H and O–H groups in total. The average Bonchev–Trinajstić information content (AvgIpc) is 3.69. The highest BCUT2D eigenvalue weighted by Crippen LogP contribution is 2.35. The van der Waals surface area contributed by atoms with Crippen molar-refractivity contribution in [1.29, 1.82) is 0 Å². The molecule has 3 amide bonds. The summed E-state index contributed by atoms with van der Waals surface area (Å²) >= 11 is 0. The number of benzene rings is 4. The van der Waals surface area contributed by atoms with Crippen LogP contribution >= 0.6 is 0 Å². The summed E-state index contributed by atoms with van der Waals surface area (Å²) in [6.07, 6.45) is 0.543. The van der Waals surface area contributed by atoms with Crippen molar-refractivity contribution in [1.82, 2.24) is 10.0 Å². The first-order valence-electron chi connectivity index (χ1n) is 13.1. The summed E-state index contributed by atoms with van der Waals surface area (Å²) in [4.78, 5) is 41.3. The van der Waals surface area contributed by atoms with Crippen LogP contribution in [0.1, 0.15) is 23.6 Å². The third-order valence-electron chi connectivity index (χ3n) is 7.60. The number of carbonyl (C=O) groups excluding carboxylic acids is 3. The molecule has 3 atom stereocenters. The van der Waals surface area contributed by atoms with Crippen LogP contribution in [0.3, 0.4) is 0 Å². The summed E-state index contributed by atoms with van der Waals surface area (Å²) < 4.78 is 0. The molecule has 3 aliphatic rings. The van der Waals surface area contributed by atoms with Crippen LogP contribution in [-0.2, 0) is 14.4 Å². The van der Waals surface area contributed by atoms with Gasteiger partial charge >= 0.3 is 0 Å². The minimum atomic E-state index is -0.972. The van der Waals surface area contributed by atoms with Crippen LogP contribution in [0, 0.1) is 0 Å². The van der Waals surface area contributed by atoms with E-state index in [2.05, 4.69) is 34.6 Å². The Labute approximate surface area is 230 Å². The molecular formula is C31H24N6O3. The van der Waals surface area contributed by atoms with Gasteiger partial charge in [-0.05, 0) is 40.1 Å². The minimum Gasteiger partial charge on any atom is -0.271 e. The zero-order valence-electron chi connectivity index (χ0n) is 21.4. The van der Waals surface area contributed by atoms with Crippen molar-refractivity contribution in [3.8, 4) is 0 Å². The molecular weight excluding hydrogens is 504 g/mol. The van der Waals surface area contributed by atoms with Crippen molar-refractivity contribution in [3.63, 3.8) is 0 Å². The highest BCUT2D eigenvalue weighted by atomic mass is 16.2. The smallest absolute Gasteiger partial charge is 0.264 e. The number of carbonyl (C=O) groups is 3. The zero-order valence-corrected chi connectivity index (χ0v) is 21.4. The molecule has 0 bridgehead atoms. The summed E-state index contributed by atoms with van der Waals surface area (Å²) in [5.41, 5.74) is 3.18.